The van der Waals surface area contributed by atoms with E-state index in [0.29, 0.717) is 0 Å². The van der Waals surface area contributed by atoms with E-state index in [4.69, 9.17) is 0 Å². The van der Waals surface area contributed by atoms with Gasteiger partial charge < -0.3 is 4.57 Å². The summed E-state index contributed by atoms with van der Waals surface area (Å²) in [6.07, 6.45) is 12.5. The van der Waals surface area contributed by atoms with Gasteiger partial charge in [0.1, 0.15) is 0 Å². The van der Waals surface area contributed by atoms with E-state index in [1.54, 1.807) is 0 Å². The molecule has 4 rings (SSSR count). The fraction of sp³-hybridized carbons (Fsp3) is 0.105. The van der Waals surface area contributed by atoms with Crippen LogP contribution in [0.1, 0.15) is 13.3 Å². The molecule has 0 aliphatic heterocycles. The molecule has 1 aliphatic carbocycles. The minimum absolute atomic E-state index is 0. The Labute approximate surface area is 165 Å². The number of fused-ring (bicyclic) bond motifs is 1. The van der Waals surface area contributed by atoms with Gasteiger partial charge in [-0.25, -0.2) is 11.6 Å². The van der Waals surface area contributed by atoms with Gasteiger partial charge in [-0.15, -0.1) is 43.4 Å². The number of benzene rings is 1. The first-order valence-electron chi connectivity index (χ1n) is 6.86. The Morgan fingerprint density at radius 2 is 1.70 bits per heavy atom. The molecule has 4 heteroatoms. The molecule has 0 saturated heterocycles. The van der Waals surface area contributed by atoms with Gasteiger partial charge in [-0.1, -0.05) is 54.1 Å². The monoisotopic (exact) mass is 379 g/mol. The average Bonchev–Trinajstić information content (AvgIpc) is 3.19. The molecule has 2 aromatic carbocycles. The molecule has 0 bridgehead atoms. The smallest absolute Gasteiger partial charge is 0.403 e. The van der Waals surface area contributed by atoms with Crippen molar-refractivity contribution < 1.29 is 21.7 Å². The van der Waals surface area contributed by atoms with Crippen LogP contribution < -0.4 is 0 Å². The second-order valence-electron chi connectivity index (χ2n) is 4.86. The van der Waals surface area contributed by atoms with Crippen LogP contribution in [0.5, 0.6) is 0 Å². The molecule has 3 aromatic rings. The third-order valence-corrected chi connectivity index (χ3v) is 3.41. The molecule has 1 heterocycles. The van der Waals surface area contributed by atoms with Crippen molar-refractivity contribution in [2.75, 3.05) is 0 Å². The standard InChI is InChI=1S/C13H10N.C6H7.2ClH.Ti/c1-2-6-12-11(5-1)7-8-13(12)14-9-3-4-10-14;1-6-4-2-3-5-6;;;/h1-10H;2,4H,3H2,1H3;2*1H;/q2*-1;;;+2. The summed E-state index contributed by atoms with van der Waals surface area (Å²) in [6.45, 7) is 2.06. The number of nitrogens with zero attached hydrogens (tertiary/aromatic N) is 1. The van der Waals surface area contributed by atoms with E-state index in [1.165, 1.54) is 22.0 Å². The van der Waals surface area contributed by atoms with E-state index in [0.717, 1.165) is 6.42 Å². The summed E-state index contributed by atoms with van der Waals surface area (Å²) in [7, 11) is 0. The second kappa shape index (κ2) is 10.6. The number of aromatic nitrogens is 1. The fourth-order valence-electron chi connectivity index (χ4n) is 2.37. The number of halogens is 2. The van der Waals surface area contributed by atoms with Crippen molar-refractivity contribution in [1.29, 1.82) is 0 Å². The molecule has 0 fully saturated rings. The molecular weight excluding hydrogens is 361 g/mol. The van der Waals surface area contributed by atoms with Crippen molar-refractivity contribution in [3.05, 3.63) is 84.7 Å². The Morgan fingerprint density at radius 3 is 2.26 bits per heavy atom. The summed E-state index contributed by atoms with van der Waals surface area (Å²) < 4.78 is 2.14. The van der Waals surface area contributed by atoms with Gasteiger partial charge in [0.2, 0.25) is 0 Å². The Morgan fingerprint density at radius 1 is 1.00 bits per heavy atom. The summed E-state index contributed by atoms with van der Waals surface area (Å²) >= 11 is 0. The first kappa shape index (κ1) is 21.9. The molecule has 1 aromatic heterocycles. The number of rotatable bonds is 1. The fourth-order valence-corrected chi connectivity index (χ4v) is 2.37. The van der Waals surface area contributed by atoms with Crippen LogP contribution in [0.2, 0.25) is 0 Å². The summed E-state index contributed by atoms with van der Waals surface area (Å²) in [6, 6.07) is 16.9. The summed E-state index contributed by atoms with van der Waals surface area (Å²) in [5.74, 6) is 0. The molecule has 0 N–H and O–H groups in total. The van der Waals surface area contributed by atoms with Gasteiger partial charge in [-0.3, -0.25) is 6.08 Å². The molecular formula is C19H19Cl2NTi. The van der Waals surface area contributed by atoms with Crippen LogP contribution in [0.25, 0.3) is 16.5 Å². The summed E-state index contributed by atoms with van der Waals surface area (Å²) in [4.78, 5) is 0. The molecule has 0 saturated carbocycles. The molecule has 0 spiro atoms. The maximum atomic E-state index is 3.12. The van der Waals surface area contributed by atoms with Gasteiger partial charge in [-0.2, -0.15) is 6.08 Å². The zero-order valence-electron chi connectivity index (χ0n) is 12.9. The van der Waals surface area contributed by atoms with Crippen molar-refractivity contribution in [3.8, 4) is 5.69 Å². The van der Waals surface area contributed by atoms with E-state index >= 15 is 0 Å². The largest absolute Gasteiger partial charge is 2.00 e. The Kier molecular flexibility index (Phi) is 10.1. The Bertz CT molecular complexity index is 752. The molecule has 0 atom stereocenters. The normalized spacial score (nSPS) is 11.4. The van der Waals surface area contributed by atoms with Gasteiger partial charge >= 0.3 is 21.7 Å². The number of allylic oxidation sites excluding steroid dienone is 4. The Balaban J connectivity index is 0.000000469. The van der Waals surface area contributed by atoms with Crippen molar-refractivity contribution in [2.45, 2.75) is 13.3 Å². The minimum Gasteiger partial charge on any atom is -0.403 e. The van der Waals surface area contributed by atoms with Gasteiger partial charge in [0, 0.05) is 0 Å². The molecule has 118 valence electrons. The van der Waals surface area contributed by atoms with E-state index in [-0.39, 0.29) is 46.5 Å². The topological polar surface area (TPSA) is 4.93 Å². The molecule has 0 radical (unpaired) electrons. The van der Waals surface area contributed by atoms with E-state index in [1.807, 2.05) is 12.1 Å². The summed E-state index contributed by atoms with van der Waals surface area (Å²) in [5.41, 5.74) is 2.53. The zero-order chi connectivity index (χ0) is 13.8. The number of hydrogen-bond donors (Lipinski definition) is 0. The molecule has 23 heavy (non-hydrogen) atoms. The van der Waals surface area contributed by atoms with E-state index < -0.39 is 0 Å². The van der Waals surface area contributed by atoms with Gasteiger partial charge in [0.15, 0.2) is 0 Å². The third-order valence-electron chi connectivity index (χ3n) is 3.41. The first-order chi connectivity index (χ1) is 9.84. The summed E-state index contributed by atoms with van der Waals surface area (Å²) in [5, 5.41) is 2.61. The maximum absolute atomic E-state index is 3.12. The van der Waals surface area contributed by atoms with Crippen molar-refractivity contribution in [2.24, 2.45) is 0 Å². The van der Waals surface area contributed by atoms with Crippen molar-refractivity contribution in [1.82, 2.24) is 4.57 Å². The predicted molar refractivity (Wildman–Crippen MR) is 99.6 cm³/mol. The van der Waals surface area contributed by atoms with Crippen LogP contribution in [0, 0.1) is 6.08 Å². The molecule has 1 nitrogen and oxygen atoms in total. The third kappa shape index (κ3) is 5.47. The van der Waals surface area contributed by atoms with Crippen LogP contribution in [0.3, 0.4) is 0 Å². The SMILES string of the molecule is CC1=[C-]CC=C1.Cl.Cl.[Ti+2].c1ccc2c(c1)cc[c-]2-n1cccc1. The molecule has 1 aliphatic rings. The Hall–Kier alpha value is -1.12. The number of hydrogen-bond acceptors (Lipinski definition) is 0. The quantitative estimate of drug-likeness (QED) is 0.367. The van der Waals surface area contributed by atoms with E-state index in [9.17, 15) is 0 Å². The van der Waals surface area contributed by atoms with Gasteiger partial charge in [0.05, 0.1) is 0 Å². The van der Waals surface area contributed by atoms with Crippen LogP contribution in [0.15, 0.2) is 78.6 Å². The van der Waals surface area contributed by atoms with Crippen molar-refractivity contribution in [3.63, 3.8) is 0 Å². The van der Waals surface area contributed by atoms with Crippen LogP contribution >= 0.6 is 24.8 Å². The average molecular weight is 380 g/mol. The van der Waals surface area contributed by atoms with Crippen LogP contribution in [-0.2, 0) is 21.7 Å². The van der Waals surface area contributed by atoms with Crippen molar-refractivity contribution >= 4 is 35.6 Å². The molecule has 0 unspecified atom stereocenters. The zero-order valence-corrected chi connectivity index (χ0v) is 16.1. The maximum Gasteiger partial charge on any atom is 2.00 e. The van der Waals surface area contributed by atoms with Gasteiger partial charge in [-0.05, 0) is 18.1 Å². The first-order valence-corrected chi connectivity index (χ1v) is 6.86. The van der Waals surface area contributed by atoms with E-state index in [2.05, 4.69) is 78.5 Å². The molecule has 0 amide bonds. The van der Waals surface area contributed by atoms with Crippen LogP contribution in [-0.4, -0.2) is 4.57 Å². The van der Waals surface area contributed by atoms with Gasteiger partial charge in [0.25, 0.3) is 0 Å². The van der Waals surface area contributed by atoms with Crippen LogP contribution in [0.4, 0.5) is 0 Å². The second-order valence-corrected chi connectivity index (χ2v) is 4.86. The minimum atomic E-state index is 0. The predicted octanol–water partition coefficient (Wildman–Crippen LogP) is 5.89.